The van der Waals surface area contributed by atoms with Crippen LogP contribution in [0.25, 0.3) is 0 Å². The van der Waals surface area contributed by atoms with Crippen LogP contribution in [0.2, 0.25) is 0 Å². The number of anilines is 3. The maximum Gasteiger partial charge on any atom is 0.276 e. The van der Waals surface area contributed by atoms with Gasteiger partial charge >= 0.3 is 0 Å². The van der Waals surface area contributed by atoms with Crippen LogP contribution in [-0.4, -0.2) is 22.7 Å². The third kappa shape index (κ3) is 4.82. The largest absolute Gasteiger partial charge is 0.494 e. The standard InChI is InChI=1S/C21H22N4O2/c1-4-27-17-9-7-16(8-10-17)22-20-12-11-18(24-25-20)21(26)23-19-13-14(2)5-6-15(19)3/h5-13H,4H2,1-3H3,(H,22,25)(H,23,26). The summed E-state index contributed by atoms with van der Waals surface area (Å²) in [5.74, 6) is 1.08. The highest BCUT2D eigenvalue weighted by Gasteiger charge is 2.10. The monoisotopic (exact) mass is 362 g/mol. The van der Waals surface area contributed by atoms with Crippen molar-refractivity contribution in [1.82, 2.24) is 10.2 Å². The first-order valence-electron chi connectivity index (χ1n) is 8.77. The molecule has 0 atom stereocenters. The number of ether oxygens (including phenoxy) is 1. The zero-order chi connectivity index (χ0) is 19.2. The van der Waals surface area contributed by atoms with E-state index < -0.39 is 0 Å². The molecular formula is C21H22N4O2. The van der Waals surface area contributed by atoms with Crippen molar-refractivity contribution >= 4 is 23.1 Å². The van der Waals surface area contributed by atoms with Crippen molar-refractivity contribution in [1.29, 1.82) is 0 Å². The molecule has 0 unspecified atom stereocenters. The highest BCUT2D eigenvalue weighted by Crippen LogP contribution is 2.20. The number of carbonyl (C=O) groups excluding carboxylic acids is 1. The van der Waals surface area contributed by atoms with Gasteiger partial charge in [0, 0.05) is 11.4 Å². The fraction of sp³-hybridized carbons (Fsp3) is 0.190. The van der Waals surface area contributed by atoms with E-state index in [1.807, 2.05) is 63.2 Å². The number of nitrogens with zero attached hydrogens (tertiary/aromatic N) is 2. The lowest BCUT2D eigenvalue weighted by molar-refractivity contribution is 0.102. The Kier molecular flexibility index (Phi) is 5.66. The lowest BCUT2D eigenvalue weighted by Crippen LogP contribution is -2.15. The molecule has 1 heterocycles. The molecule has 0 radical (unpaired) electrons. The average Bonchev–Trinajstić information content (AvgIpc) is 2.67. The van der Waals surface area contributed by atoms with E-state index in [1.165, 1.54) is 0 Å². The molecular weight excluding hydrogens is 340 g/mol. The summed E-state index contributed by atoms with van der Waals surface area (Å²) in [6.07, 6.45) is 0. The number of hydrogen-bond acceptors (Lipinski definition) is 5. The minimum Gasteiger partial charge on any atom is -0.494 e. The van der Waals surface area contributed by atoms with Crippen molar-refractivity contribution in [2.24, 2.45) is 0 Å². The molecule has 138 valence electrons. The Hall–Kier alpha value is -3.41. The Labute approximate surface area is 158 Å². The zero-order valence-electron chi connectivity index (χ0n) is 15.6. The van der Waals surface area contributed by atoms with E-state index in [2.05, 4.69) is 20.8 Å². The lowest BCUT2D eigenvalue weighted by Gasteiger charge is -2.09. The van der Waals surface area contributed by atoms with Crippen LogP contribution in [0, 0.1) is 13.8 Å². The van der Waals surface area contributed by atoms with Gasteiger partial charge in [0.15, 0.2) is 11.5 Å². The Bertz CT molecular complexity index is 922. The van der Waals surface area contributed by atoms with Crippen LogP contribution in [0.15, 0.2) is 54.6 Å². The van der Waals surface area contributed by atoms with Gasteiger partial charge in [-0.2, -0.15) is 0 Å². The lowest BCUT2D eigenvalue weighted by atomic mass is 10.1. The van der Waals surface area contributed by atoms with Gasteiger partial charge in [-0.15, -0.1) is 10.2 Å². The minimum atomic E-state index is -0.288. The van der Waals surface area contributed by atoms with Gasteiger partial charge < -0.3 is 15.4 Å². The molecule has 0 saturated carbocycles. The minimum absolute atomic E-state index is 0.258. The Morgan fingerprint density at radius 2 is 1.78 bits per heavy atom. The van der Waals surface area contributed by atoms with Crippen molar-refractivity contribution in [3.63, 3.8) is 0 Å². The molecule has 1 aromatic heterocycles. The summed E-state index contributed by atoms with van der Waals surface area (Å²) in [5.41, 5.74) is 3.97. The first-order valence-corrected chi connectivity index (χ1v) is 8.77. The topological polar surface area (TPSA) is 76.1 Å². The summed E-state index contributed by atoms with van der Waals surface area (Å²) < 4.78 is 5.42. The van der Waals surface area contributed by atoms with E-state index in [0.717, 1.165) is 28.3 Å². The van der Waals surface area contributed by atoms with Crippen molar-refractivity contribution in [3.05, 3.63) is 71.4 Å². The van der Waals surface area contributed by atoms with E-state index in [1.54, 1.807) is 12.1 Å². The molecule has 3 rings (SSSR count). The first-order chi connectivity index (χ1) is 13.0. The number of hydrogen-bond donors (Lipinski definition) is 2. The Morgan fingerprint density at radius 3 is 2.44 bits per heavy atom. The molecule has 6 heteroatoms. The highest BCUT2D eigenvalue weighted by molar-refractivity contribution is 6.03. The SMILES string of the molecule is CCOc1ccc(Nc2ccc(C(=O)Nc3cc(C)ccc3C)nn2)cc1. The Balaban J connectivity index is 1.65. The second kappa shape index (κ2) is 8.31. The molecule has 0 saturated heterocycles. The number of amides is 1. The van der Waals surface area contributed by atoms with Gasteiger partial charge in [-0.25, -0.2) is 0 Å². The van der Waals surface area contributed by atoms with Gasteiger partial charge in [-0.3, -0.25) is 4.79 Å². The van der Waals surface area contributed by atoms with Crippen LogP contribution in [0.1, 0.15) is 28.5 Å². The maximum absolute atomic E-state index is 12.4. The summed E-state index contributed by atoms with van der Waals surface area (Å²) in [4.78, 5) is 12.4. The fourth-order valence-corrected chi connectivity index (χ4v) is 2.53. The normalized spacial score (nSPS) is 10.3. The molecule has 2 aromatic carbocycles. The molecule has 1 amide bonds. The molecule has 0 bridgehead atoms. The number of rotatable bonds is 6. The van der Waals surface area contributed by atoms with Crippen LogP contribution < -0.4 is 15.4 Å². The number of carbonyl (C=O) groups is 1. The Morgan fingerprint density at radius 1 is 1.00 bits per heavy atom. The van der Waals surface area contributed by atoms with Gasteiger partial charge in [0.2, 0.25) is 0 Å². The van der Waals surface area contributed by atoms with Crippen molar-refractivity contribution in [3.8, 4) is 5.75 Å². The smallest absolute Gasteiger partial charge is 0.276 e. The van der Waals surface area contributed by atoms with Gasteiger partial charge in [0.25, 0.3) is 5.91 Å². The number of aromatic nitrogens is 2. The summed E-state index contributed by atoms with van der Waals surface area (Å²) in [6.45, 7) is 6.50. The molecule has 2 N–H and O–H groups in total. The van der Waals surface area contributed by atoms with Crippen molar-refractivity contribution in [2.45, 2.75) is 20.8 Å². The zero-order valence-corrected chi connectivity index (χ0v) is 15.6. The summed E-state index contributed by atoms with van der Waals surface area (Å²) in [5, 5.41) is 14.1. The van der Waals surface area contributed by atoms with Crippen LogP contribution >= 0.6 is 0 Å². The fourth-order valence-electron chi connectivity index (χ4n) is 2.53. The summed E-state index contributed by atoms with van der Waals surface area (Å²) in [6, 6.07) is 16.8. The average molecular weight is 362 g/mol. The summed E-state index contributed by atoms with van der Waals surface area (Å²) in [7, 11) is 0. The van der Waals surface area contributed by atoms with Gasteiger partial charge in [-0.1, -0.05) is 12.1 Å². The molecule has 0 aliphatic carbocycles. The van der Waals surface area contributed by atoms with Gasteiger partial charge in [0.1, 0.15) is 5.75 Å². The van der Waals surface area contributed by atoms with Crippen LogP contribution in [0.5, 0.6) is 5.75 Å². The predicted molar refractivity (Wildman–Crippen MR) is 107 cm³/mol. The molecule has 0 aliphatic heterocycles. The molecule has 6 nitrogen and oxygen atoms in total. The van der Waals surface area contributed by atoms with Crippen LogP contribution in [0.4, 0.5) is 17.2 Å². The van der Waals surface area contributed by atoms with Crippen LogP contribution in [0.3, 0.4) is 0 Å². The number of benzene rings is 2. The molecule has 0 fully saturated rings. The molecule has 3 aromatic rings. The van der Waals surface area contributed by atoms with E-state index in [0.29, 0.717) is 12.4 Å². The van der Waals surface area contributed by atoms with Crippen LogP contribution in [-0.2, 0) is 0 Å². The number of nitrogens with one attached hydrogen (secondary N) is 2. The third-order valence-electron chi connectivity index (χ3n) is 3.98. The van der Waals surface area contributed by atoms with E-state index in [9.17, 15) is 4.79 Å². The second-order valence-corrected chi connectivity index (χ2v) is 6.16. The third-order valence-corrected chi connectivity index (χ3v) is 3.98. The quantitative estimate of drug-likeness (QED) is 0.676. The second-order valence-electron chi connectivity index (χ2n) is 6.16. The van der Waals surface area contributed by atoms with Crippen molar-refractivity contribution in [2.75, 3.05) is 17.2 Å². The predicted octanol–water partition coefficient (Wildman–Crippen LogP) is 4.49. The van der Waals surface area contributed by atoms with Crippen molar-refractivity contribution < 1.29 is 9.53 Å². The maximum atomic E-state index is 12.4. The summed E-state index contributed by atoms with van der Waals surface area (Å²) >= 11 is 0. The molecule has 0 spiro atoms. The van der Waals surface area contributed by atoms with E-state index in [4.69, 9.17) is 4.74 Å². The van der Waals surface area contributed by atoms with E-state index >= 15 is 0 Å². The van der Waals surface area contributed by atoms with Gasteiger partial charge in [0.05, 0.1) is 6.61 Å². The first kappa shape index (κ1) is 18.4. The van der Waals surface area contributed by atoms with Gasteiger partial charge in [-0.05, 0) is 74.4 Å². The highest BCUT2D eigenvalue weighted by atomic mass is 16.5. The van der Waals surface area contributed by atoms with E-state index in [-0.39, 0.29) is 11.6 Å². The molecule has 0 aliphatic rings. The molecule has 27 heavy (non-hydrogen) atoms. The number of aryl methyl sites for hydroxylation is 2.